The molecule has 102 valence electrons. The lowest BCUT2D eigenvalue weighted by Gasteiger charge is -2.25. The van der Waals surface area contributed by atoms with Crippen molar-refractivity contribution in [2.24, 2.45) is 0 Å². The first-order valence-electron chi connectivity index (χ1n) is 6.10. The van der Waals surface area contributed by atoms with E-state index in [-0.39, 0.29) is 11.8 Å². The Morgan fingerprint density at radius 1 is 1.35 bits per heavy atom. The predicted octanol–water partition coefficient (Wildman–Crippen LogP) is 2.72. The van der Waals surface area contributed by atoms with Gasteiger partial charge < -0.3 is 15.4 Å². The van der Waals surface area contributed by atoms with Crippen LogP contribution in [0.15, 0.2) is 35.7 Å². The summed E-state index contributed by atoms with van der Waals surface area (Å²) in [7, 11) is 0. The van der Waals surface area contributed by atoms with Crippen LogP contribution in [0.2, 0.25) is 0 Å². The van der Waals surface area contributed by atoms with E-state index in [0.717, 1.165) is 0 Å². The first kappa shape index (κ1) is 12.7. The number of hydrogen-bond donors (Lipinski definition) is 2. The Bertz CT molecular complexity index is 667. The van der Waals surface area contributed by atoms with E-state index in [4.69, 9.17) is 4.74 Å². The molecule has 0 spiro atoms. The number of hydrogen-bond acceptors (Lipinski definition) is 4. The third kappa shape index (κ3) is 2.25. The minimum atomic E-state index is -0.536. The zero-order chi connectivity index (χ0) is 14.1. The fourth-order valence-corrected chi connectivity index (χ4v) is 2.54. The summed E-state index contributed by atoms with van der Waals surface area (Å²) in [6.07, 6.45) is -0.536. The van der Waals surface area contributed by atoms with Crippen LogP contribution in [0.1, 0.15) is 16.6 Å². The number of ether oxygens (including phenoxy) is 1. The van der Waals surface area contributed by atoms with E-state index in [0.29, 0.717) is 22.0 Å². The van der Waals surface area contributed by atoms with Gasteiger partial charge in [0.1, 0.15) is 11.4 Å². The molecule has 20 heavy (non-hydrogen) atoms. The second kappa shape index (κ2) is 4.97. The summed E-state index contributed by atoms with van der Waals surface area (Å²) in [5.41, 5.74) is 1.03. The van der Waals surface area contributed by atoms with Crippen LogP contribution >= 0.6 is 11.3 Å². The minimum absolute atomic E-state index is 0.207. The van der Waals surface area contributed by atoms with Gasteiger partial charge in [0.05, 0.1) is 10.6 Å². The van der Waals surface area contributed by atoms with Gasteiger partial charge in [0, 0.05) is 0 Å². The fourth-order valence-electron chi connectivity index (χ4n) is 1.92. The van der Waals surface area contributed by atoms with E-state index >= 15 is 0 Å². The summed E-state index contributed by atoms with van der Waals surface area (Å²) in [5, 5.41) is 7.37. The van der Waals surface area contributed by atoms with Crippen molar-refractivity contribution in [1.29, 1.82) is 0 Å². The highest BCUT2D eigenvalue weighted by Crippen LogP contribution is 2.36. The zero-order valence-corrected chi connectivity index (χ0v) is 11.5. The topological polar surface area (TPSA) is 67.4 Å². The Hall–Kier alpha value is -2.34. The molecule has 0 saturated carbocycles. The highest BCUT2D eigenvalue weighted by molar-refractivity contribution is 7.12. The molecule has 2 amide bonds. The molecule has 2 aromatic rings. The average molecular weight is 288 g/mol. The van der Waals surface area contributed by atoms with Gasteiger partial charge in [-0.1, -0.05) is 12.1 Å². The summed E-state index contributed by atoms with van der Waals surface area (Å²) in [5.74, 6) is 0.123. The standard InChI is InChI=1S/C14H12N2O3S/c1-8-13(17)16-12-9(4-2-5-10(12)19-8)15-14(18)11-6-3-7-20-11/h2-8H,1H3,(H,15,18)(H,16,17). The molecule has 1 atom stereocenters. The van der Waals surface area contributed by atoms with E-state index in [1.165, 1.54) is 11.3 Å². The van der Waals surface area contributed by atoms with Crippen LogP contribution in [0, 0.1) is 0 Å². The third-order valence-corrected chi connectivity index (χ3v) is 3.81. The van der Waals surface area contributed by atoms with Gasteiger partial charge in [-0.05, 0) is 30.5 Å². The summed E-state index contributed by atoms with van der Waals surface area (Å²) in [6, 6.07) is 8.81. The van der Waals surface area contributed by atoms with Gasteiger partial charge in [-0.15, -0.1) is 11.3 Å². The maximum atomic E-state index is 12.1. The first-order chi connectivity index (χ1) is 9.65. The molecular weight excluding hydrogens is 276 g/mol. The molecule has 1 aliphatic rings. The van der Waals surface area contributed by atoms with Gasteiger partial charge in [-0.3, -0.25) is 9.59 Å². The van der Waals surface area contributed by atoms with Crippen molar-refractivity contribution < 1.29 is 14.3 Å². The first-order valence-corrected chi connectivity index (χ1v) is 6.98. The lowest BCUT2D eigenvalue weighted by atomic mass is 10.2. The number of rotatable bonds is 2. The normalized spacial score (nSPS) is 16.9. The van der Waals surface area contributed by atoms with Gasteiger partial charge >= 0.3 is 0 Å². The van der Waals surface area contributed by atoms with Crippen molar-refractivity contribution in [2.75, 3.05) is 10.6 Å². The van der Waals surface area contributed by atoms with Gasteiger partial charge in [0.15, 0.2) is 6.10 Å². The summed E-state index contributed by atoms with van der Waals surface area (Å²) in [6.45, 7) is 1.68. The van der Waals surface area contributed by atoms with Crippen LogP contribution in [0.25, 0.3) is 0 Å². The Balaban J connectivity index is 1.90. The van der Waals surface area contributed by atoms with Crippen LogP contribution < -0.4 is 15.4 Å². The number of carbonyl (C=O) groups excluding carboxylic acids is 2. The van der Waals surface area contributed by atoms with Crippen molar-refractivity contribution in [3.8, 4) is 5.75 Å². The minimum Gasteiger partial charge on any atom is -0.479 e. The molecule has 3 rings (SSSR count). The van der Waals surface area contributed by atoms with E-state index < -0.39 is 6.10 Å². The number of nitrogens with one attached hydrogen (secondary N) is 2. The highest BCUT2D eigenvalue weighted by atomic mass is 32.1. The molecular formula is C14H12N2O3S. The Kier molecular flexibility index (Phi) is 3.15. The Labute approximate surface area is 119 Å². The number of para-hydroxylation sites is 1. The molecule has 6 heteroatoms. The molecule has 0 bridgehead atoms. The Morgan fingerprint density at radius 3 is 2.95 bits per heavy atom. The quantitative estimate of drug-likeness (QED) is 0.893. The van der Waals surface area contributed by atoms with Gasteiger partial charge in [-0.25, -0.2) is 0 Å². The molecule has 0 radical (unpaired) electrons. The molecule has 1 aliphatic heterocycles. The Morgan fingerprint density at radius 2 is 2.20 bits per heavy atom. The average Bonchev–Trinajstić information content (AvgIpc) is 2.95. The number of thiophene rings is 1. The van der Waals surface area contributed by atoms with Gasteiger partial charge in [-0.2, -0.15) is 0 Å². The summed E-state index contributed by atoms with van der Waals surface area (Å²) < 4.78 is 5.50. The van der Waals surface area contributed by atoms with Crippen LogP contribution in [0.4, 0.5) is 11.4 Å². The van der Waals surface area contributed by atoms with Crippen molar-refractivity contribution in [1.82, 2.24) is 0 Å². The molecule has 5 nitrogen and oxygen atoms in total. The molecule has 0 aliphatic carbocycles. The number of benzene rings is 1. The van der Waals surface area contributed by atoms with Crippen molar-refractivity contribution in [2.45, 2.75) is 13.0 Å². The number of anilines is 2. The second-order valence-electron chi connectivity index (χ2n) is 4.36. The third-order valence-electron chi connectivity index (χ3n) is 2.94. The lowest BCUT2D eigenvalue weighted by molar-refractivity contribution is -0.122. The SMILES string of the molecule is CC1Oc2cccc(NC(=O)c3cccs3)c2NC1=O. The van der Waals surface area contributed by atoms with E-state index in [9.17, 15) is 9.59 Å². The number of amides is 2. The van der Waals surface area contributed by atoms with E-state index in [2.05, 4.69) is 10.6 Å². The number of carbonyl (C=O) groups is 2. The number of fused-ring (bicyclic) bond motifs is 1. The largest absolute Gasteiger partial charge is 0.479 e. The van der Waals surface area contributed by atoms with E-state index in [1.807, 2.05) is 11.4 Å². The molecule has 2 heterocycles. The lowest BCUT2D eigenvalue weighted by Crippen LogP contribution is -2.34. The van der Waals surface area contributed by atoms with E-state index in [1.54, 1.807) is 31.2 Å². The highest BCUT2D eigenvalue weighted by Gasteiger charge is 2.26. The monoisotopic (exact) mass is 288 g/mol. The van der Waals surface area contributed by atoms with Crippen LogP contribution in [0.5, 0.6) is 5.75 Å². The van der Waals surface area contributed by atoms with Crippen molar-refractivity contribution >= 4 is 34.5 Å². The summed E-state index contributed by atoms with van der Waals surface area (Å²) >= 11 is 1.36. The second-order valence-corrected chi connectivity index (χ2v) is 5.31. The van der Waals surface area contributed by atoms with Crippen LogP contribution in [-0.2, 0) is 4.79 Å². The maximum absolute atomic E-state index is 12.1. The van der Waals surface area contributed by atoms with Crippen molar-refractivity contribution in [3.05, 3.63) is 40.6 Å². The molecule has 1 unspecified atom stereocenters. The smallest absolute Gasteiger partial charge is 0.265 e. The summed E-state index contributed by atoms with van der Waals surface area (Å²) in [4.78, 5) is 24.3. The molecule has 0 fully saturated rings. The maximum Gasteiger partial charge on any atom is 0.265 e. The van der Waals surface area contributed by atoms with Gasteiger partial charge in [0.2, 0.25) is 0 Å². The zero-order valence-electron chi connectivity index (χ0n) is 10.7. The molecule has 0 saturated heterocycles. The fraction of sp³-hybridized carbons (Fsp3) is 0.143. The van der Waals surface area contributed by atoms with Gasteiger partial charge in [0.25, 0.3) is 11.8 Å². The predicted molar refractivity (Wildman–Crippen MR) is 77.4 cm³/mol. The van der Waals surface area contributed by atoms with Crippen LogP contribution in [-0.4, -0.2) is 17.9 Å². The molecule has 1 aromatic carbocycles. The van der Waals surface area contributed by atoms with Crippen molar-refractivity contribution in [3.63, 3.8) is 0 Å². The molecule has 2 N–H and O–H groups in total. The van der Waals surface area contributed by atoms with Crippen LogP contribution in [0.3, 0.4) is 0 Å². The molecule has 1 aromatic heterocycles.